The molecule has 0 heterocycles. The van der Waals surface area contributed by atoms with Crippen LogP contribution in [0, 0.1) is 5.92 Å². The van der Waals surface area contributed by atoms with Crippen LogP contribution in [-0.4, -0.2) is 54.7 Å². The lowest BCUT2D eigenvalue weighted by Gasteiger charge is -2.33. The molecule has 1 aliphatic carbocycles. The Labute approximate surface area is 123 Å². The van der Waals surface area contributed by atoms with E-state index in [-0.39, 0.29) is 12.1 Å². The lowest BCUT2D eigenvalue weighted by molar-refractivity contribution is 0.0500. The van der Waals surface area contributed by atoms with Gasteiger partial charge >= 0.3 is 0 Å². The minimum absolute atomic E-state index is 0.231. The normalized spacial score (nSPS) is 22.0. The van der Waals surface area contributed by atoms with Gasteiger partial charge in [0.1, 0.15) is 0 Å². The van der Waals surface area contributed by atoms with Gasteiger partial charge in [0.05, 0.1) is 6.10 Å². The summed E-state index contributed by atoms with van der Waals surface area (Å²) in [7, 11) is 4.21. The molecule has 0 aliphatic heterocycles. The van der Waals surface area contributed by atoms with E-state index < -0.39 is 0 Å². The molecule has 2 rings (SSSR count). The number of benzene rings is 1. The van der Waals surface area contributed by atoms with Crippen molar-refractivity contribution >= 4 is 0 Å². The first-order valence-corrected chi connectivity index (χ1v) is 7.63. The summed E-state index contributed by atoms with van der Waals surface area (Å²) >= 11 is 0. The summed E-state index contributed by atoms with van der Waals surface area (Å²) in [6.07, 6.45) is 0.629. The molecule has 1 aliphatic rings. The standard InChI is InChI=1S/C17H28N2O/c1-13(2)12-19(10-9-18(3)4)16-11-14-7-5-6-8-15(14)17(16)20/h5-8,13,16-17,20H,9-12H2,1-4H3. The van der Waals surface area contributed by atoms with E-state index in [9.17, 15) is 5.11 Å². The molecule has 112 valence electrons. The maximum atomic E-state index is 10.6. The van der Waals surface area contributed by atoms with Crippen LogP contribution in [0.5, 0.6) is 0 Å². The van der Waals surface area contributed by atoms with Crippen molar-refractivity contribution in [1.29, 1.82) is 0 Å². The van der Waals surface area contributed by atoms with Crippen LogP contribution in [0.3, 0.4) is 0 Å². The third-order valence-corrected chi connectivity index (χ3v) is 4.07. The zero-order valence-corrected chi connectivity index (χ0v) is 13.2. The predicted molar refractivity (Wildman–Crippen MR) is 83.9 cm³/mol. The predicted octanol–water partition coefficient (Wildman–Crippen LogP) is 2.16. The monoisotopic (exact) mass is 276 g/mol. The Hall–Kier alpha value is -0.900. The summed E-state index contributed by atoms with van der Waals surface area (Å²) in [4.78, 5) is 4.68. The summed E-state index contributed by atoms with van der Waals surface area (Å²) in [6.45, 7) is 7.59. The zero-order chi connectivity index (χ0) is 14.7. The lowest BCUT2D eigenvalue weighted by atomic mass is 10.1. The Bertz CT molecular complexity index is 431. The largest absolute Gasteiger partial charge is 0.387 e. The average molecular weight is 276 g/mol. The summed E-state index contributed by atoms with van der Waals surface area (Å²) in [5.74, 6) is 0.619. The maximum Gasteiger partial charge on any atom is 0.0951 e. The molecular formula is C17H28N2O. The van der Waals surface area contributed by atoms with Gasteiger partial charge in [0.25, 0.3) is 0 Å². The second-order valence-corrected chi connectivity index (χ2v) is 6.61. The number of hydrogen-bond donors (Lipinski definition) is 1. The fourth-order valence-electron chi connectivity index (χ4n) is 3.07. The molecular weight excluding hydrogens is 248 g/mol. The topological polar surface area (TPSA) is 26.7 Å². The van der Waals surface area contributed by atoms with Crippen LogP contribution in [0.1, 0.15) is 31.1 Å². The molecule has 3 nitrogen and oxygen atoms in total. The number of nitrogens with zero attached hydrogens (tertiary/aromatic N) is 2. The van der Waals surface area contributed by atoms with E-state index in [0.717, 1.165) is 31.6 Å². The molecule has 2 unspecified atom stereocenters. The van der Waals surface area contributed by atoms with Crippen LogP contribution in [0.25, 0.3) is 0 Å². The molecule has 0 bridgehead atoms. The van der Waals surface area contributed by atoms with Crippen molar-refractivity contribution in [3.05, 3.63) is 35.4 Å². The van der Waals surface area contributed by atoms with Crippen LogP contribution in [0.15, 0.2) is 24.3 Å². The van der Waals surface area contributed by atoms with E-state index in [4.69, 9.17) is 0 Å². The third kappa shape index (κ3) is 3.60. The summed E-state index contributed by atoms with van der Waals surface area (Å²) in [5.41, 5.74) is 2.43. The fourth-order valence-corrected chi connectivity index (χ4v) is 3.07. The number of rotatable bonds is 6. The number of fused-ring (bicyclic) bond motifs is 1. The van der Waals surface area contributed by atoms with Crippen molar-refractivity contribution in [2.45, 2.75) is 32.4 Å². The van der Waals surface area contributed by atoms with Crippen LogP contribution in [-0.2, 0) is 6.42 Å². The molecule has 0 amide bonds. The molecule has 1 aromatic rings. The van der Waals surface area contributed by atoms with Gasteiger partial charge in [0, 0.05) is 25.7 Å². The first kappa shape index (κ1) is 15.5. The molecule has 2 atom stereocenters. The van der Waals surface area contributed by atoms with Crippen molar-refractivity contribution in [3.63, 3.8) is 0 Å². The van der Waals surface area contributed by atoms with Crippen molar-refractivity contribution in [3.8, 4) is 0 Å². The van der Waals surface area contributed by atoms with Gasteiger partial charge in [-0.1, -0.05) is 38.1 Å². The third-order valence-electron chi connectivity index (χ3n) is 4.07. The lowest BCUT2D eigenvalue weighted by Crippen LogP contribution is -2.43. The summed E-state index contributed by atoms with van der Waals surface area (Å²) in [5, 5.41) is 10.6. The molecule has 20 heavy (non-hydrogen) atoms. The SMILES string of the molecule is CC(C)CN(CCN(C)C)C1Cc2ccccc2C1O. The van der Waals surface area contributed by atoms with E-state index in [1.54, 1.807) is 0 Å². The highest BCUT2D eigenvalue weighted by atomic mass is 16.3. The Morgan fingerprint density at radius 2 is 1.90 bits per heavy atom. The smallest absolute Gasteiger partial charge is 0.0951 e. The van der Waals surface area contributed by atoms with Crippen LogP contribution >= 0.6 is 0 Å². The Morgan fingerprint density at radius 1 is 1.20 bits per heavy atom. The molecule has 0 saturated heterocycles. The van der Waals surface area contributed by atoms with E-state index in [0.29, 0.717) is 5.92 Å². The van der Waals surface area contributed by atoms with E-state index in [1.165, 1.54) is 5.56 Å². The highest BCUT2D eigenvalue weighted by molar-refractivity contribution is 5.35. The van der Waals surface area contributed by atoms with Gasteiger partial charge in [-0.05, 0) is 37.6 Å². The van der Waals surface area contributed by atoms with Crippen LogP contribution in [0.2, 0.25) is 0 Å². The van der Waals surface area contributed by atoms with Gasteiger partial charge in [-0.15, -0.1) is 0 Å². The second-order valence-electron chi connectivity index (χ2n) is 6.61. The number of aliphatic hydroxyl groups excluding tert-OH is 1. The molecule has 3 heteroatoms. The first-order valence-electron chi connectivity index (χ1n) is 7.63. The highest BCUT2D eigenvalue weighted by Crippen LogP contribution is 2.34. The van der Waals surface area contributed by atoms with E-state index >= 15 is 0 Å². The number of hydrogen-bond acceptors (Lipinski definition) is 3. The van der Waals surface area contributed by atoms with Crippen molar-refractivity contribution in [2.75, 3.05) is 33.7 Å². The van der Waals surface area contributed by atoms with Gasteiger partial charge in [-0.3, -0.25) is 4.90 Å². The fraction of sp³-hybridized carbons (Fsp3) is 0.647. The zero-order valence-electron chi connectivity index (χ0n) is 13.2. The van der Waals surface area contributed by atoms with E-state index in [2.05, 4.69) is 55.9 Å². The molecule has 0 aromatic heterocycles. The van der Waals surface area contributed by atoms with Gasteiger partial charge in [-0.25, -0.2) is 0 Å². The van der Waals surface area contributed by atoms with Crippen LogP contribution in [0.4, 0.5) is 0 Å². The molecule has 0 radical (unpaired) electrons. The van der Waals surface area contributed by atoms with Gasteiger partial charge in [-0.2, -0.15) is 0 Å². The summed E-state index contributed by atoms with van der Waals surface area (Å²) in [6, 6.07) is 8.55. The van der Waals surface area contributed by atoms with Gasteiger partial charge in [0.15, 0.2) is 0 Å². The number of likely N-dealkylation sites (N-methyl/N-ethyl adjacent to an activating group) is 1. The van der Waals surface area contributed by atoms with Crippen molar-refractivity contribution in [2.24, 2.45) is 5.92 Å². The highest BCUT2D eigenvalue weighted by Gasteiger charge is 2.34. The van der Waals surface area contributed by atoms with Crippen LogP contribution < -0.4 is 0 Å². The van der Waals surface area contributed by atoms with Crippen molar-refractivity contribution in [1.82, 2.24) is 9.80 Å². The molecule has 1 aromatic carbocycles. The quantitative estimate of drug-likeness (QED) is 0.862. The molecule has 1 N–H and O–H groups in total. The molecule has 0 fully saturated rings. The molecule has 0 spiro atoms. The van der Waals surface area contributed by atoms with E-state index in [1.807, 2.05) is 6.07 Å². The van der Waals surface area contributed by atoms with Crippen molar-refractivity contribution < 1.29 is 5.11 Å². The second kappa shape index (κ2) is 6.70. The number of aliphatic hydroxyl groups is 1. The average Bonchev–Trinajstić information content (AvgIpc) is 2.72. The minimum Gasteiger partial charge on any atom is -0.387 e. The Balaban J connectivity index is 2.10. The first-order chi connectivity index (χ1) is 9.49. The Kier molecular flexibility index (Phi) is 5.19. The Morgan fingerprint density at radius 3 is 2.50 bits per heavy atom. The minimum atomic E-state index is -0.341. The summed E-state index contributed by atoms with van der Waals surface area (Å²) < 4.78 is 0. The molecule has 0 saturated carbocycles. The maximum absolute atomic E-state index is 10.6. The van der Waals surface area contributed by atoms with Gasteiger partial charge in [0.2, 0.25) is 0 Å². The van der Waals surface area contributed by atoms with Gasteiger partial charge < -0.3 is 10.0 Å².